The van der Waals surface area contributed by atoms with Crippen LogP contribution < -0.4 is 10.1 Å². The number of anilines is 1. The van der Waals surface area contributed by atoms with Gasteiger partial charge in [-0.3, -0.25) is 4.99 Å². The number of nitrogens with one attached hydrogen (secondary N) is 1. The Bertz CT molecular complexity index is 417. The summed E-state index contributed by atoms with van der Waals surface area (Å²) >= 11 is 1.58. The molecule has 1 N–H and O–H groups in total. The van der Waals surface area contributed by atoms with Gasteiger partial charge in [-0.2, -0.15) is 0 Å². The second kappa shape index (κ2) is 4.87. The molecule has 17 heavy (non-hydrogen) atoms. The first-order valence-electron chi connectivity index (χ1n) is 4.83. The topological polar surface area (TPSA) is 33.6 Å². The first kappa shape index (κ1) is 12.1. The van der Waals surface area contributed by atoms with Crippen molar-refractivity contribution >= 4 is 22.6 Å². The van der Waals surface area contributed by atoms with Crippen LogP contribution >= 0.6 is 11.8 Å². The minimum Gasteiger partial charge on any atom is -0.406 e. The number of hydrogen-bond donors (Lipinski definition) is 1. The van der Waals surface area contributed by atoms with Crippen molar-refractivity contribution in [2.24, 2.45) is 4.99 Å². The zero-order valence-electron chi connectivity index (χ0n) is 8.62. The summed E-state index contributed by atoms with van der Waals surface area (Å²) in [4.78, 5) is 4.17. The average molecular weight is 262 g/mol. The van der Waals surface area contributed by atoms with Crippen LogP contribution in [0.15, 0.2) is 29.3 Å². The van der Waals surface area contributed by atoms with Gasteiger partial charge in [0.1, 0.15) is 5.75 Å². The molecular weight excluding hydrogens is 253 g/mol. The molecule has 1 heterocycles. The minimum atomic E-state index is -4.65. The maximum absolute atomic E-state index is 11.9. The highest BCUT2D eigenvalue weighted by Crippen LogP contribution is 2.24. The van der Waals surface area contributed by atoms with E-state index in [2.05, 4.69) is 15.0 Å². The highest BCUT2D eigenvalue weighted by molar-refractivity contribution is 8.14. The molecule has 0 amide bonds. The van der Waals surface area contributed by atoms with E-state index in [-0.39, 0.29) is 5.75 Å². The predicted molar refractivity (Wildman–Crippen MR) is 61.5 cm³/mol. The van der Waals surface area contributed by atoms with Gasteiger partial charge in [0.05, 0.1) is 6.54 Å². The Morgan fingerprint density at radius 2 is 1.94 bits per heavy atom. The Balaban J connectivity index is 1.98. The Labute approximate surface area is 100 Å². The molecule has 0 unspecified atom stereocenters. The van der Waals surface area contributed by atoms with Crippen LogP contribution in [-0.4, -0.2) is 23.8 Å². The molecular formula is C10H9F3N2OS. The quantitative estimate of drug-likeness (QED) is 0.889. The molecule has 2 rings (SSSR count). The standard InChI is InChI=1S/C10H9F3N2OS/c11-10(12,13)16-8-3-1-7(2-4-8)15-9-14-5-6-17-9/h1-4H,5-6H2,(H,14,15). The zero-order chi connectivity index (χ0) is 12.3. The lowest BCUT2D eigenvalue weighted by molar-refractivity contribution is -0.274. The van der Waals surface area contributed by atoms with E-state index in [0.717, 1.165) is 17.5 Å². The lowest BCUT2D eigenvalue weighted by Gasteiger charge is -2.10. The summed E-state index contributed by atoms with van der Waals surface area (Å²) < 4.78 is 39.5. The summed E-state index contributed by atoms with van der Waals surface area (Å²) in [7, 11) is 0. The third-order valence-corrected chi connectivity index (χ3v) is 2.82. The van der Waals surface area contributed by atoms with Gasteiger partial charge in [0.15, 0.2) is 5.17 Å². The SMILES string of the molecule is FC(F)(F)Oc1ccc(NC2=NCCS2)cc1. The molecule has 0 spiro atoms. The number of aliphatic imine (C=N–C) groups is 1. The molecule has 3 nitrogen and oxygen atoms in total. The van der Waals surface area contributed by atoms with Crippen LogP contribution in [0.25, 0.3) is 0 Å². The number of ether oxygens (including phenoxy) is 1. The molecule has 0 bridgehead atoms. The van der Waals surface area contributed by atoms with Crippen molar-refractivity contribution in [1.82, 2.24) is 0 Å². The van der Waals surface area contributed by atoms with Crippen LogP contribution in [0.5, 0.6) is 5.75 Å². The number of hydrogen-bond acceptors (Lipinski definition) is 4. The summed E-state index contributed by atoms with van der Waals surface area (Å²) in [5.41, 5.74) is 0.688. The molecule has 7 heteroatoms. The van der Waals surface area contributed by atoms with E-state index in [9.17, 15) is 13.2 Å². The van der Waals surface area contributed by atoms with Crippen molar-refractivity contribution in [1.29, 1.82) is 0 Å². The van der Waals surface area contributed by atoms with Crippen molar-refractivity contribution in [3.05, 3.63) is 24.3 Å². The van der Waals surface area contributed by atoms with Crippen molar-refractivity contribution in [2.45, 2.75) is 6.36 Å². The van der Waals surface area contributed by atoms with Crippen LogP contribution in [0.1, 0.15) is 0 Å². The fourth-order valence-electron chi connectivity index (χ4n) is 1.27. The van der Waals surface area contributed by atoms with Gasteiger partial charge < -0.3 is 10.1 Å². The number of nitrogens with zero attached hydrogens (tertiary/aromatic N) is 1. The summed E-state index contributed by atoms with van der Waals surface area (Å²) in [6.07, 6.45) is -4.65. The van der Waals surface area contributed by atoms with Crippen LogP contribution in [0.4, 0.5) is 18.9 Å². The fraction of sp³-hybridized carbons (Fsp3) is 0.300. The Morgan fingerprint density at radius 1 is 1.24 bits per heavy atom. The van der Waals surface area contributed by atoms with Gasteiger partial charge in [0.25, 0.3) is 0 Å². The number of alkyl halides is 3. The van der Waals surface area contributed by atoms with Gasteiger partial charge in [-0.25, -0.2) is 0 Å². The second-order valence-electron chi connectivity index (χ2n) is 3.23. The Morgan fingerprint density at radius 3 is 2.47 bits per heavy atom. The van der Waals surface area contributed by atoms with Gasteiger partial charge in [-0.1, -0.05) is 11.8 Å². The molecule has 1 aromatic carbocycles. The zero-order valence-corrected chi connectivity index (χ0v) is 9.44. The number of benzene rings is 1. The molecule has 0 aromatic heterocycles. The molecule has 0 saturated carbocycles. The summed E-state index contributed by atoms with van der Waals surface area (Å²) in [5, 5.41) is 3.79. The fourth-order valence-corrected chi connectivity index (χ4v) is 2.02. The number of thioether (sulfide) groups is 1. The van der Waals surface area contributed by atoms with Crippen LogP contribution in [-0.2, 0) is 0 Å². The maximum atomic E-state index is 11.9. The first-order valence-corrected chi connectivity index (χ1v) is 5.81. The van der Waals surface area contributed by atoms with Crippen LogP contribution in [0.3, 0.4) is 0 Å². The summed E-state index contributed by atoms with van der Waals surface area (Å²) in [5.74, 6) is 0.696. The molecule has 0 saturated heterocycles. The van der Waals surface area contributed by atoms with E-state index < -0.39 is 6.36 Å². The van der Waals surface area contributed by atoms with Gasteiger partial charge in [-0.15, -0.1) is 13.2 Å². The molecule has 1 aromatic rings. The van der Waals surface area contributed by atoms with E-state index in [4.69, 9.17) is 0 Å². The van der Waals surface area contributed by atoms with Crippen LogP contribution in [0.2, 0.25) is 0 Å². The second-order valence-corrected chi connectivity index (χ2v) is 4.32. The largest absolute Gasteiger partial charge is 0.573 e. The molecule has 0 aliphatic carbocycles. The number of halogens is 3. The van der Waals surface area contributed by atoms with E-state index >= 15 is 0 Å². The Kier molecular flexibility index (Phi) is 3.46. The molecule has 1 aliphatic rings. The summed E-state index contributed by atoms with van der Waals surface area (Å²) in [6, 6.07) is 5.55. The van der Waals surface area contributed by atoms with E-state index in [1.807, 2.05) is 0 Å². The molecule has 0 radical (unpaired) electrons. The third-order valence-electron chi connectivity index (χ3n) is 1.92. The van der Waals surface area contributed by atoms with E-state index in [1.165, 1.54) is 24.3 Å². The monoisotopic (exact) mass is 262 g/mol. The molecule has 0 fully saturated rings. The lowest BCUT2D eigenvalue weighted by Crippen LogP contribution is -2.17. The van der Waals surface area contributed by atoms with Crippen molar-refractivity contribution in [3.63, 3.8) is 0 Å². The van der Waals surface area contributed by atoms with Crippen LogP contribution in [0, 0.1) is 0 Å². The first-order chi connectivity index (χ1) is 8.03. The van der Waals surface area contributed by atoms with Gasteiger partial charge in [0.2, 0.25) is 0 Å². The smallest absolute Gasteiger partial charge is 0.406 e. The predicted octanol–water partition coefficient (Wildman–Crippen LogP) is 3.10. The highest BCUT2D eigenvalue weighted by atomic mass is 32.2. The van der Waals surface area contributed by atoms with Gasteiger partial charge in [0, 0.05) is 11.4 Å². The van der Waals surface area contributed by atoms with E-state index in [1.54, 1.807) is 11.8 Å². The molecule has 0 atom stereocenters. The normalized spacial score (nSPS) is 15.6. The summed E-state index contributed by atoms with van der Waals surface area (Å²) in [6.45, 7) is 0.766. The van der Waals surface area contributed by atoms with Crippen molar-refractivity contribution < 1.29 is 17.9 Å². The number of amidine groups is 1. The average Bonchev–Trinajstić information content (AvgIpc) is 2.71. The number of rotatable bonds is 2. The third kappa shape index (κ3) is 3.85. The van der Waals surface area contributed by atoms with Gasteiger partial charge >= 0.3 is 6.36 Å². The van der Waals surface area contributed by atoms with Gasteiger partial charge in [-0.05, 0) is 24.3 Å². The highest BCUT2D eigenvalue weighted by Gasteiger charge is 2.30. The maximum Gasteiger partial charge on any atom is 0.573 e. The molecule has 92 valence electrons. The lowest BCUT2D eigenvalue weighted by atomic mass is 10.3. The Hall–Kier alpha value is -1.37. The van der Waals surface area contributed by atoms with E-state index in [0.29, 0.717) is 5.69 Å². The van der Waals surface area contributed by atoms with Crippen molar-refractivity contribution in [3.8, 4) is 5.75 Å². The minimum absolute atomic E-state index is 0.232. The van der Waals surface area contributed by atoms with Crippen molar-refractivity contribution in [2.75, 3.05) is 17.6 Å². The molecule has 1 aliphatic heterocycles.